The van der Waals surface area contributed by atoms with Crippen LogP contribution in [0.25, 0.3) is 0 Å². The van der Waals surface area contributed by atoms with Gasteiger partial charge in [0.15, 0.2) is 0 Å². The third kappa shape index (κ3) is 2.92. The van der Waals surface area contributed by atoms with Crippen LogP contribution < -0.4 is 5.32 Å². The highest BCUT2D eigenvalue weighted by atomic mass is 35.5. The van der Waals surface area contributed by atoms with Crippen molar-refractivity contribution in [2.24, 2.45) is 0 Å². The summed E-state index contributed by atoms with van der Waals surface area (Å²) < 4.78 is 0. The van der Waals surface area contributed by atoms with Gasteiger partial charge in [0.25, 0.3) is 11.6 Å². The van der Waals surface area contributed by atoms with E-state index in [0.29, 0.717) is 5.69 Å². The molecule has 20 heavy (non-hydrogen) atoms. The summed E-state index contributed by atoms with van der Waals surface area (Å²) in [7, 11) is 0. The summed E-state index contributed by atoms with van der Waals surface area (Å²) in [4.78, 5) is 26.1. The van der Waals surface area contributed by atoms with Crippen LogP contribution in [0.1, 0.15) is 15.9 Å². The Hall–Kier alpha value is -2.47. The summed E-state index contributed by atoms with van der Waals surface area (Å²) in [6.45, 7) is 1.82. The number of benzene rings is 1. The number of halogens is 1. The minimum Gasteiger partial charge on any atom is -0.320 e. The van der Waals surface area contributed by atoms with Crippen molar-refractivity contribution in [1.82, 2.24) is 4.98 Å². The molecular formula is C13H10ClN3O3. The zero-order valence-electron chi connectivity index (χ0n) is 10.5. The molecular weight excluding hydrogens is 282 g/mol. The molecule has 2 aromatic rings. The molecule has 0 bridgehead atoms. The SMILES string of the molecule is Cc1ccncc1NC(=O)c1ccc(Cl)c([N+](=O)[O-])c1. The van der Waals surface area contributed by atoms with Crippen LogP contribution in [0.2, 0.25) is 5.02 Å². The number of aryl methyl sites for hydroxylation is 1. The third-order valence-corrected chi connectivity index (χ3v) is 3.01. The summed E-state index contributed by atoms with van der Waals surface area (Å²) in [6, 6.07) is 5.64. The molecule has 1 N–H and O–H groups in total. The minimum absolute atomic E-state index is 0.0101. The van der Waals surface area contributed by atoms with Gasteiger partial charge in [0.2, 0.25) is 0 Å². The van der Waals surface area contributed by atoms with E-state index in [9.17, 15) is 14.9 Å². The van der Waals surface area contributed by atoms with Gasteiger partial charge >= 0.3 is 0 Å². The number of carbonyl (C=O) groups is 1. The summed E-state index contributed by atoms with van der Waals surface area (Å²) in [5.41, 5.74) is 1.25. The fraction of sp³-hybridized carbons (Fsp3) is 0.0769. The van der Waals surface area contributed by atoms with Crippen LogP contribution in [0.15, 0.2) is 36.7 Å². The van der Waals surface area contributed by atoms with Gasteiger partial charge in [-0.2, -0.15) is 0 Å². The number of nitro groups is 1. The second kappa shape index (κ2) is 5.66. The standard InChI is InChI=1S/C13H10ClN3O3/c1-8-4-5-15-7-11(8)16-13(18)9-2-3-10(14)12(6-9)17(19)20/h2-7H,1H3,(H,16,18). The van der Waals surface area contributed by atoms with Crippen molar-refractivity contribution >= 4 is 28.9 Å². The van der Waals surface area contributed by atoms with Gasteiger partial charge in [-0.1, -0.05) is 11.6 Å². The van der Waals surface area contributed by atoms with Gasteiger partial charge in [-0.15, -0.1) is 0 Å². The number of nitro benzene ring substituents is 1. The van der Waals surface area contributed by atoms with Gasteiger partial charge in [-0.05, 0) is 30.7 Å². The fourth-order valence-corrected chi connectivity index (χ4v) is 1.77. The second-order valence-corrected chi connectivity index (χ2v) is 4.48. The lowest BCUT2D eigenvalue weighted by molar-refractivity contribution is -0.384. The van der Waals surface area contributed by atoms with Crippen LogP contribution >= 0.6 is 11.6 Å². The molecule has 0 aliphatic heterocycles. The molecule has 0 aliphatic carbocycles. The Morgan fingerprint density at radius 3 is 2.80 bits per heavy atom. The number of amides is 1. The number of nitrogens with zero attached hydrogens (tertiary/aromatic N) is 2. The number of rotatable bonds is 3. The number of anilines is 1. The molecule has 0 saturated carbocycles. The summed E-state index contributed by atoms with van der Waals surface area (Å²) in [5, 5.41) is 13.4. The third-order valence-electron chi connectivity index (χ3n) is 2.69. The first-order chi connectivity index (χ1) is 9.49. The minimum atomic E-state index is -0.631. The number of hydrogen-bond acceptors (Lipinski definition) is 4. The topological polar surface area (TPSA) is 85.1 Å². The number of hydrogen-bond donors (Lipinski definition) is 1. The monoisotopic (exact) mass is 291 g/mol. The first kappa shape index (κ1) is 14.0. The number of nitrogens with one attached hydrogen (secondary N) is 1. The maximum absolute atomic E-state index is 12.0. The smallest absolute Gasteiger partial charge is 0.288 e. The van der Waals surface area contributed by atoms with Crippen molar-refractivity contribution in [2.75, 3.05) is 5.32 Å². The van der Waals surface area contributed by atoms with E-state index in [2.05, 4.69) is 10.3 Å². The van der Waals surface area contributed by atoms with Crippen LogP contribution in [-0.2, 0) is 0 Å². The Morgan fingerprint density at radius 2 is 2.15 bits per heavy atom. The Bertz CT molecular complexity index is 688. The molecule has 1 aromatic carbocycles. The van der Waals surface area contributed by atoms with Crippen LogP contribution in [0.5, 0.6) is 0 Å². The van der Waals surface area contributed by atoms with Crippen molar-refractivity contribution in [3.8, 4) is 0 Å². The van der Waals surface area contributed by atoms with Crippen molar-refractivity contribution in [1.29, 1.82) is 0 Å². The van der Waals surface area contributed by atoms with Gasteiger partial charge in [0.1, 0.15) is 5.02 Å². The highest BCUT2D eigenvalue weighted by Crippen LogP contribution is 2.25. The molecule has 0 radical (unpaired) electrons. The van der Waals surface area contributed by atoms with Crippen molar-refractivity contribution in [2.45, 2.75) is 6.92 Å². The number of pyridine rings is 1. The van der Waals surface area contributed by atoms with E-state index in [1.807, 2.05) is 6.92 Å². The quantitative estimate of drug-likeness (QED) is 0.695. The van der Waals surface area contributed by atoms with Crippen LogP contribution in [-0.4, -0.2) is 15.8 Å². The predicted molar refractivity (Wildman–Crippen MR) is 75.0 cm³/mol. The molecule has 6 nitrogen and oxygen atoms in total. The maximum atomic E-state index is 12.0. The molecule has 1 aromatic heterocycles. The zero-order valence-corrected chi connectivity index (χ0v) is 11.2. The van der Waals surface area contributed by atoms with Crippen molar-refractivity contribution < 1.29 is 9.72 Å². The summed E-state index contributed by atoms with van der Waals surface area (Å²) in [5.74, 6) is -0.458. The largest absolute Gasteiger partial charge is 0.320 e. The number of aromatic nitrogens is 1. The van der Waals surface area contributed by atoms with E-state index >= 15 is 0 Å². The van der Waals surface area contributed by atoms with E-state index in [4.69, 9.17) is 11.6 Å². The lowest BCUT2D eigenvalue weighted by atomic mass is 10.1. The molecule has 0 atom stereocenters. The molecule has 2 rings (SSSR count). The average Bonchev–Trinajstić information content (AvgIpc) is 2.41. The predicted octanol–water partition coefficient (Wildman–Crippen LogP) is 3.20. The molecule has 0 saturated heterocycles. The Morgan fingerprint density at radius 1 is 1.40 bits per heavy atom. The Kier molecular flexibility index (Phi) is 3.95. The Balaban J connectivity index is 2.28. The molecule has 1 amide bonds. The highest BCUT2D eigenvalue weighted by Gasteiger charge is 2.16. The van der Waals surface area contributed by atoms with Gasteiger partial charge in [-0.25, -0.2) is 0 Å². The first-order valence-electron chi connectivity index (χ1n) is 5.65. The molecule has 0 aliphatic rings. The van der Waals surface area contributed by atoms with Gasteiger partial charge in [-0.3, -0.25) is 19.9 Å². The van der Waals surface area contributed by atoms with Gasteiger partial charge in [0, 0.05) is 17.8 Å². The van der Waals surface area contributed by atoms with Crippen molar-refractivity contribution in [3.63, 3.8) is 0 Å². The molecule has 102 valence electrons. The lowest BCUT2D eigenvalue weighted by Gasteiger charge is -2.07. The average molecular weight is 292 g/mol. The highest BCUT2D eigenvalue weighted by molar-refractivity contribution is 6.32. The van der Waals surface area contributed by atoms with Gasteiger partial charge < -0.3 is 5.32 Å². The van der Waals surface area contributed by atoms with Crippen LogP contribution in [0.3, 0.4) is 0 Å². The molecule has 7 heteroatoms. The Labute approximate surface area is 119 Å². The molecule has 0 spiro atoms. The molecule has 1 heterocycles. The van der Waals surface area contributed by atoms with Crippen molar-refractivity contribution in [3.05, 3.63) is 62.9 Å². The van der Waals surface area contributed by atoms with E-state index in [0.717, 1.165) is 11.6 Å². The lowest BCUT2D eigenvalue weighted by Crippen LogP contribution is -2.13. The first-order valence-corrected chi connectivity index (χ1v) is 6.02. The normalized spacial score (nSPS) is 10.1. The van der Waals surface area contributed by atoms with Crippen LogP contribution in [0, 0.1) is 17.0 Å². The summed E-state index contributed by atoms with van der Waals surface area (Å²) in [6.07, 6.45) is 3.12. The fourth-order valence-electron chi connectivity index (χ4n) is 1.58. The van der Waals surface area contributed by atoms with E-state index in [1.54, 1.807) is 12.3 Å². The maximum Gasteiger partial charge on any atom is 0.288 e. The van der Waals surface area contributed by atoms with E-state index in [-0.39, 0.29) is 16.3 Å². The molecule has 0 fully saturated rings. The van der Waals surface area contributed by atoms with E-state index in [1.165, 1.54) is 18.3 Å². The van der Waals surface area contributed by atoms with E-state index < -0.39 is 10.8 Å². The molecule has 0 unspecified atom stereocenters. The summed E-state index contributed by atoms with van der Waals surface area (Å²) >= 11 is 5.70. The zero-order chi connectivity index (χ0) is 14.7. The van der Waals surface area contributed by atoms with Crippen LogP contribution in [0.4, 0.5) is 11.4 Å². The second-order valence-electron chi connectivity index (χ2n) is 4.07. The van der Waals surface area contributed by atoms with Gasteiger partial charge in [0.05, 0.1) is 16.8 Å². The number of carbonyl (C=O) groups excluding carboxylic acids is 1.